The summed E-state index contributed by atoms with van der Waals surface area (Å²) in [5.41, 5.74) is 0. The number of rotatable bonds is 16. The van der Waals surface area contributed by atoms with Crippen LogP contribution in [0.1, 0.15) is 110 Å². The molecule has 0 bridgehead atoms. The number of carboxylic acids is 1. The SMILES string of the molecule is CCCCCCCCCCCCCCCCCC(=O)[O-].[Mg+]. The van der Waals surface area contributed by atoms with Crippen LogP contribution in [-0.4, -0.2) is 29.0 Å². The Morgan fingerprint density at radius 3 is 1.19 bits per heavy atom. The van der Waals surface area contributed by atoms with Crippen LogP contribution in [0, 0.1) is 0 Å². The molecule has 121 valence electrons. The van der Waals surface area contributed by atoms with E-state index in [2.05, 4.69) is 6.92 Å². The molecule has 0 aliphatic heterocycles. The molecule has 0 fully saturated rings. The zero-order valence-corrected chi connectivity index (χ0v) is 15.8. The third-order valence-corrected chi connectivity index (χ3v) is 3.98. The summed E-state index contributed by atoms with van der Waals surface area (Å²) in [4.78, 5) is 10.2. The van der Waals surface area contributed by atoms with E-state index in [0.717, 1.165) is 12.8 Å². The fourth-order valence-corrected chi connectivity index (χ4v) is 2.64. The van der Waals surface area contributed by atoms with E-state index in [9.17, 15) is 9.90 Å². The summed E-state index contributed by atoms with van der Waals surface area (Å²) in [7, 11) is 0. The third-order valence-electron chi connectivity index (χ3n) is 3.98. The fraction of sp³-hybridized carbons (Fsp3) is 0.944. The first kappa shape index (κ1) is 23.5. The van der Waals surface area contributed by atoms with Gasteiger partial charge in [-0.2, -0.15) is 0 Å². The van der Waals surface area contributed by atoms with Gasteiger partial charge in [0.15, 0.2) is 0 Å². The monoisotopic (exact) mass is 307 g/mol. The van der Waals surface area contributed by atoms with Crippen LogP contribution in [0.2, 0.25) is 0 Å². The Labute approximate surface area is 148 Å². The Kier molecular flexibility index (Phi) is 22.6. The molecule has 0 unspecified atom stereocenters. The average molecular weight is 308 g/mol. The second kappa shape index (κ2) is 20.2. The van der Waals surface area contributed by atoms with Gasteiger partial charge >= 0.3 is 23.1 Å². The first-order valence-corrected chi connectivity index (χ1v) is 8.97. The van der Waals surface area contributed by atoms with Gasteiger partial charge in [-0.05, 0) is 12.8 Å². The summed E-state index contributed by atoms with van der Waals surface area (Å²) in [5.74, 6) is -0.903. The third kappa shape index (κ3) is 22.7. The molecule has 0 saturated heterocycles. The van der Waals surface area contributed by atoms with Gasteiger partial charge in [-0.1, -0.05) is 96.8 Å². The van der Waals surface area contributed by atoms with Gasteiger partial charge in [0.05, 0.1) is 0 Å². The normalized spacial score (nSPS) is 10.3. The number of carboxylic acid groups (broad SMARTS) is 1. The predicted molar refractivity (Wildman–Crippen MR) is 90.3 cm³/mol. The molecule has 0 aromatic heterocycles. The van der Waals surface area contributed by atoms with Crippen molar-refractivity contribution in [2.75, 3.05) is 0 Å². The molecule has 21 heavy (non-hydrogen) atoms. The van der Waals surface area contributed by atoms with Crippen molar-refractivity contribution in [1.82, 2.24) is 0 Å². The van der Waals surface area contributed by atoms with Crippen molar-refractivity contribution in [1.29, 1.82) is 0 Å². The average Bonchev–Trinajstić information content (AvgIpc) is 2.43. The number of aliphatic carboxylic acids is 1. The standard InChI is InChI=1S/C18H36O2.Mg/c1-2-3-4-5-6-7-8-9-10-11-12-13-14-15-16-17-18(19)20;/h2-17H2,1H3,(H,19,20);/q;+1/p-1. The maximum absolute atomic E-state index is 10.2. The van der Waals surface area contributed by atoms with Crippen LogP contribution in [0.25, 0.3) is 0 Å². The number of hydrogen-bond donors (Lipinski definition) is 0. The summed E-state index contributed by atoms with van der Waals surface area (Å²) in [6, 6.07) is 0. The smallest absolute Gasteiger partial charge is 0.550 e. The summed E-state index contributed by atoms with van der Waals surface area (Å²) in [6.07, 6.45) is 19.9. The largest absolute Gasteiger partial charge is 1.00 e. The zero-order chi connectivity index (χ0) is 14.9. The molecule has 0 aromatic rings. The first-order chi connectivity index (χ1) is 9.77. The Hall–Kier alpha value is 0.236. The van der Waals surface area contributed by atoms with Gasteiger partial charge in [-0.25, -0.2) is 0 Å². The van der Waals surface area contributed by atoms with E-state index < -0.39 is 5.97 Å². The van der Waals surface area contributed by atoms with Crippen LogP contribution in [0.15, 0.2) is 0 Å². The molecular weight excluding hydrogens is 273 g/mol. The van der Waals surface area contributed by atoms with Crippen molar-refractivity contribution in [3.8, 4) is 0 Å². The van der Waals surface area contributed by atoms with Crippen molar-refractivity contribution in [3.05, 3.63) is 0 Å². The maximum Gasteiger partial charge on any atom is 1.00 e. The van der Waals surface area contributed by atoms with Gasteiger partial charge in [0.1, 0.15) is 0 Å². The van der Waals surface area contributed by atoms with E-state index in [0.29, 0.717) is 0 Å². The van der Waals surface area contributed by atoms with E-state index in [1.807, 2.05) is 0 Å². The molecule has 0 rings (SSSR count). The van der Waals surface area contributed by atoms with Gasteiger partial charge in [0, 0.05) is 5.97 Å². The molecular formula is C18H35MgO2. The van der Waals surface area contributed by atoms with Crippen molar-refractivity contribution in [3.63, 3.8) is 0 Å². The predicted octanol–water partition coefficient (Wildman–Crippen LogP) is 4.62. The zero-order valence-electron chi connectivity index (χ0n) is 14.3. The van der Waals surface area contributed by atoms with E-state index >= 15 is 0 Å². The Morgan fingerprint density at radius 1 is 0.619 bits per heavy atom. The second-order valence-electron chi connectivity index (χ2n) is 6.07. The van der Waals surface area contributed by atoms with Gasteiger partial charge in [0.2, 0.25) is 0 Å². The molecule has 0 atom stereocenters. The van der Waals surface area contributed by atoms with E-state index in [1.54, 1.807) is 0 Å². The van der Waals surface area contributed by atoms with E-state index in [-0.39, 0.29) is 29.5 Å². The van der Waals surface area contributed by atoms with Gasteiger partial charge < -0.3 is 9.90 Å². The van der Waals surface area contributed by atoms with Crippen LogP contribution >= 0.6 is 0 Å². The molecule has 0 N–H and O–H groups in total. The van der Waals surface area contributed by atoms with Crippen molar-refractivity contribution < 1.29 is 9.90 Å². The molecule has 2 nitrogen and oxygen atoms in total. The summed E-state index contributed by atoms with van der Waals surface area (Å²) in [6.45, 7) is 2.27. The van der Waals surface area contributed by atoms with E-state index in [1.165, 1.54) is 83.5 Å². The second-order valence-corrected chi connectivity index (χ2v) is 6.07. The number of carbonyl (C=O) groups is 1. The molecule has 0 amide bonds. The minimum Gasteiger partial charge on any atom is -0.550 e. The molecule has 0 aliphatic rings. The maximum atomic E-state index is 10.2. The molecule has 1 radical (unpaired) electrons. The van der Waals surface area contributed by atoms with Crippen molar-refractivity contribution >= 4 is 29.0 Å². The molecule has 0 heterocycles. The summed E-state index contributed by atoms with van der Waals surface area (Å²) in [5, 5.41) is 10.2. The van der Waals surface area contributed by atoms with Crippen molar-refractivity contribution in [2.24, 2.45) is 0 Å². The van der Waals surface area contributed by atoms with Crippen LogP contribution in [0.4, 0.5) is 0 Å². The number of hydrogen-bond acceptors (Lipinski definition) is 2. The Bertz CT molecular complexity index is 207. The number of carbonyl (C=O) groups excluding carboxylic acids is 1. The van der Waals surface area contributed by atoms with Crippen LogP contribution in [0.3, 0.4) is 0 Å². The minimum atomic E-state index is -0.903. The van der Waals surface area contributed by atoms with Crippen LogP contribution in [0.5, 0.6) is 0 Å². The summed E-state index contributed by atoms with van der Waals surface area (Å²) >= 11 is 0. The quantitative estimate of drug-likeness (QED) is 0.308. The minimum absolute atomic E-state index is 0. The molecule has 0 aromatic carbocycles. The topological polar surface area (TPSA) is 40.1 Å². The molecule has 0 saturated carbocycles. The fourth-order valence-electron chi connectivity index (χ4n) is 2.64. The number of unbranched alkanes of at least 4 members (excludes halogenated alkanes) is 14. The Morgan fingerprint density at radius 2 is 0.905 bits per heavy atom. The van der Waals surface area contributed by atoms with Crippen LogP contribution < -0.4 is 5.11 Å². The van der Waals surface area contributed by atoms with E-state index in [4.69, 9.17) is 0 Å². The van der Waals surface area contributed by atoms with Crippen LogP contribution in [-0.2, 0) is 4.79 Å². The molecule has 0 spiro atoms. The first-order valence-electron chi connectivity index (χ1n) is 8.97. The van der Waals surface area contributed by atoms with Gasteiger partial charge in [-0.15, -0.1) is 0 Å². The molecule has 3 heteroatoms. The van der Waals surface area contributed by atoms with Crippen molar-refractivity contribution in [2.45, 2.75) is 110 Å². The molecule has 0 aliphatic carbocycles. The Balaban J connectivity index is 0. The van der Waals surface area contributed by atoms with Gasteiger partial charge in [-0.3, -0.25) is 0 Å². The van der Waals surface area contributed by atoms with Gasteiger partial charge in [0.25, 0.3) is 0 Å². The summed E-state index contributed by atoms with van der Waals surface area (Å²) < 4.78 is 0.